The molecule has 1 heterocycles. The van der Waals surface area contributed by atoms with Gasteiger partial charge in [0.1, 0.15) is 0 Å². The molecule has 0 aliphatic carbocycles. The number of hydrogen-bond donors (Lipinski definition) is 0. The third kappa shape index (κ3) is 2.46. The third-order valence-electron chi connectivity index (χ3n) is 2.80. The number of thiophene rings is 1. The van der Waals surface area contributed by atoms with Crippen molar-refractivity contribution >= 4 is 49.0 Å². The summed E-state index contributed by atoms with van der Waals surface area (Å²) in [5.74, 6) is 0.0903. The predicted octanol–water partition coefficient (Wildman–Crippen LogP) is 5.43. The molecule has 0 aliphatic rings. The molecule has 0 radical (unpaired) electrons. The first-order valence-corrected chi connectivity index (χ1v) is 7.93. The van der Waals surface area contributed by atoms with E-state index in [4.69, 9.17) is 0 Å². The van der Waals surface area contributed by atoms with Crippen molar-refractivity contribution in [2.45, 2.75) is 20.8 Å². The first kappa shape index (κ1) is 14.0. The van der Waals surface area contributed by atoms with Crippen LogP contribution in [-0.4, -0.2) is 5.78 Å². The van der Waals surface area contributed by atoms with Crippen LogP contribution in [0.1, 0.15) is 31.9 Å². The van der Waals surface area contributed by atoms with Crippen molar-refractivity contribution in [1.82, 2.24) is 0 Å². The lowest BCUT2D eigenvalue weighted by molar-refractivity contribution is 0.104. The van der Waals surface area contributed by atoms with E-state index in [2.05, 4.69) is 44.0 Å². The van der Waals surface area contributed by atoms with Crippen LogP contribution in [0.2, 0.25) is 0 Å². The van der Waals surface area contributed by atoms with E-state index in [0.29, 0.717) is 0 Å². The Morgan fingerprint density at radius 3 is 2.11 bits per heavy atom. The van der Waals surface area contributed by atoms with Crippen molar-refractivity contribution in [3.63, 3.8) is 0 Å². The standard InChI is InChI=1S/C14H12Br2OS/c1-7-4-8(2)11(9(3)5-7)13(17)14-12(16)10(15)6-18-14/h4-6H,1-3H3. The smallest absolute Gasteiger partial charge is 0.204 e. The second kappa shape index (κ2) is 5.27. The van der Waals surface area contributed by atoms with Crippen LogP contribution in [0.4, 0.5) is 0 Å². The number of ketones is 1. The maximum Gasteiger partial charge on any atom is 0.204 e. The van der Waals surface area contributed by atoms with Gasteiger partial charge in [0.25, 0.3) is 0 Å². The van der Waals surface area contributed by atoms with E-state index < -0.39 is 0 Å². The highest BCUT2D eigenvalue weighted by atomic mass is 79.9. The SMILES string of the molecule is Cc1cc(C)c(C(=O)c2scc(Br)c2Br)c(C)c1. The lowest BCUT2D eigenvalue weighted by Gasteiger charge is -2.09. The summed E-state index contributed by atoms with van der Waals surface area (Å²) in [5, 5.41) is 1.93. The third-order valence-corrected chi connectivity index (χ3v) is 6.33. The predicted molar refractivity (Wildman–Crippen MR) is 83.8 cm³/mol. The molecule has 0 fully saturated rings. The minimum absolute atomic E-state index is 0.0903. The Morgan fingerprint density at radius 2 is 1.67 bits per heavy atom. The van der Waals surface area contributed by atoms with E-state index in [0.717, 1.165) is 30.5 Å². The maximum absolute atomic E-state index is 12.6. The molecule has 2 aromatic rings. The molecule has 4 heteroatoms. The normalized spacial score (nSPS) is 10.7. The highest BCUT2D eigenvalue weighted by Gasteiger charge is 2.20. The van der Waals surface area contributed by atoms with Crippen LogP contribution < -0.4 is 0 Å². The fourth-order valence-corrected chi connectivity index (χ4v) is 4.23. The van der Waals surface area contributed by atoms with Gasteiger partial charge in [-0.3, -0.25) is 4.79 Å². The molecular weight excluding hydrogens is 376 g/mol. The molecule has 0 saturated heterocycles. The van der Waals surface area contributed by atoms with Crippen molar-refractivity contribution < 1.29 is 4.79 Å². The Balaban J connectivity index is 2.57. The van der Waals surface area contributed by atoms with E-state index in [1.54, 1.807) is 0 Å². The minimum atomic E-state index is 0.0903. The second-order valence-electron chi connectivity index (χ2n) is 4.33. The molecule has 0 amide bonds. The first-order valence-electron chi connectivity index (χ1n) is 5.47. The van der Waals surface area contributed by atoms with Gasteiger partial charge < -0.3 is 0 Å². The van der Waals surface area contributed by atoms with Crippen LogP contribution in [0.5, 0.6) is 0 Å². The molecule has 0 bridgehead atoms. The van der Waals surface area contributed by atoms with Gasteiger partial charge in [0.2, 0.25) is 5.78 Å². The van der Waals surface area contributed by atoms with Gasteiger partial charge in [-0.2, -0.15) is 0 Å². The quantitative estimate of drug-likeness (QED) is 0.628. The van der Waals surface area contributed by atoms with Crippen molar-refractivity contribution in [1.29, 1.82) is 0 Å². The molecule has 1 nitrogen and oxygen atoms in total. The van der Waals surface area contributed by atoms with Gasteiger partial charge >= 0.3 is 0 Å². The summed E-state index contributed by atoms with van der Waals surface area (Å²) in [5.41, 5.74) is 4.08. The number of rotatable bonds is 2. The molecule has 2 rings (SSSR count). The number of carbonyl (C=O) groups is 1. The van der Waals surface area contributed by atoms with E-state index in [-0.39, 0.29) is 5.78 Å². The Labute approximate surface area is 127 Å². The van der Waals surface area contributed by atoms with Crippen molar-refractivity contribution in [3.05, 3.63) is 53.6 Å². The molecule has 0 spiro atoms. The molecule has 0 atom stereocenters. The summed E-state index contributed by atoms with van der Waals surface area (Å²) in [4.78, 5) is 13.3. The molecule has 0 saturated carbocycles. The molecule has 0 unspecified atom stereocenters. The van der Waals surface area contributed by atoms with Crippen LogP contribution in [0.3, 0.4) is 0 Å². The molecule has 1 aromatic heterocycles. The summed E-state index contributed by atoms with van der Waals surface area (Å²) in [6.07, 6.45) is 0. The van der Waals surface area contributed by atoms with Gasteiger partial charge in [0.15, 0.2) is 0 Å². The summed E-state index contributed by atoms with van der Waals surface area (Å²) >= 11 is 8.33. The number of halogens is 2. The summed E-state index contributed by atoms with van der Waals surface area (Å²) in [6, 6.07) is 4.10. The van der Waals surface area contributed by atoms with E-state index in [1.165, 1.54) is 16.9 Å². The van der Waals surface area contributed by atoms with Crippen molar-refractivity contribution in [2.24, 2.45) is 0 Å². The van der Waals surface area contributed by atoms with Gasteiger partial charge in [0, 0.05) is 15.4 Å². The van der Waals surface area contributed by atoms with E-state index in [9.17, 15) is 4.79 Å². The van der Waals surface area contributed by atoms with Gasteiger partial charge in [-0.05, 0) is 63.8 Å². The van der Waals surface area contributed by atoms with Gasteiger partial charge in [0.05, 0.1) is 9.35 Å². The summed E-state index contributed by atoms with van der Waals surface area (Å²) in [7, 11) is 0. The zero-order valence-corrected chi connectivity index (χ0v) is 14.3. The Kier molecular flexibility index (Phi) is 4.09. The van der Waals surface area contributed by atoms with Crippen LogP contribution in [0, 0.1) is 20.8 Å². The topological polar surface area (TPSA) is 17.1 Å². The highest BCUT2D eigenvalue weighted by Crippen LogP contribution is 2.35. The Morgan fingerprint density at radius 1 is 1.11 bits per heavy atom. The maximum atomic E-state index is 12.6. The van der Waals surface area contributed by atoms with Gasteiger partial charge in [-0.25, -0.2) is 0 Å². The molecule has 0 N–H and O–H groups in total. The fraction of sp³-hybridized carbons (Fsp3) is 0.214. The second-order valence-corrected chi connectivity index (χ2v) is 6.86. The average Bonchev–Trinajstić information content (AvgIpc) is 2.58. The van der Waals surface area contributed by atoms with Crippen LogP contribution in [0.25, 0.3) is 0 Å². The molecule has 94 valence electrons. The largest absolute Gasteiger partial charge is 0.288 e. The van der Waals surface area contributed by atoms with Crippen molar-refractivity contribution in [3.8, 4) is 0 Å². The lowest BCUT2D eigenvalue weighted by Crippen LogP contribution is -2.05. The number of aryl methyl sites for hydroxylation is 3. The average molecular weight is 388 g/mol. The summed E-state index contributed by atoms with van der Waals surface area (Å²) < 4.78 is 1.77. The van der Waals surface area contributed by atoms with Crippen LogP contribution in [-0.2, 0) is 0 Å². The molecule has 18 heavy (non-hydrogen) atoms. The van der Waals surface area contributed by atoms with Crippen LogP contribution in [0.15, 0.2) is 26.5 Å². The monoisotopic (exact) mass is 386 g/mol. The number of benzene rings is 1. The Bertz CT molecular complexity index is 606. The number of carbonyl (C=O) groups excluding carboxylic acids is 1. The van der Waals surface area contributed by atoms with Gasteiger partial charge in [-0.15, -0.1) is 11.3 Å². The first-order chi connectivity index (χ1) is 8.41. The zero-order chi connectivity index (χ0) is 13.4. The number of hydrogen-bond acceptors (Lipinski definition) is 2. The summed E-state index contributed by atoms with van der Waals surface area (Å²) in [6.45, 7) is 6.03. The van der Waals surface area contributed by atoms with E-state index >= 15 is 0 Å². The molecule has 0 aliphatic heterocycles. The molecule has 1 aromatic carbocycles. The fourth-order valence-electron chi connectivity index (χ4n) is 2.13. The van der Waals surface area contributed by atoms with E-state index in [1.807, 2.05) is 26.2 Å². The van der Waals surface area contributed by atoms with Gasteiger partial charge in [-0.1, -0.05) is 17.7 Å². The highest BCUT2D eigenvalue weighted by molar-refractivity contribution is 9.13. The Hall–Kier alpha value is -0.450. The lowest BCUT2D eigenvalue weighted by atomic mass is 9.96. The van der Waals surface area contributed by atoms with Crippen LogP contribution >= 0.6 is 43.2 Å². The minimum Gasteiger partial charge on any atom is -0.288 e. The van der Waals surface area contributed by atoms with Crippen molar-refractivity contribution in [2.75, 3.05) is 0 Å². The zero-order valence-electron chi connectivity index (χ0n) is 10.3. The molecular formula is C14H12Br2OS.